The standard InChI is InChI=1S/C19H18FN5O2/c1-12-14(11-23-25(12)2)19(26)24-13-5-6-17(15(20)10-13)27-18-4-3-9-22-16(18)7-8-21/h3-11,21-22H,1-2H3,(H,24,26)/b16-7-,21-8?. The SMILES string of the molecule is Cc1c(C(=O)Nc2ccc(OC3=CC=CN/C3=C\C=N)c(F)c2)cnn1C. The minimum atomic E-state index is -0.625. The van der Waals surface area contributed by atoms with Gasteiger partial charge in [-0.25, -0.2) is 4.39 Å². The van der Waals surface area contributed by atoms with Crippen molar-refractivity contribution in [3.8, 4) is 5.75 Å². The second kappa shape index (κ2) is 7.69. The van der Waals surface area contributed by atoms with E-state index >= 15 is 0 Å². The Kier molecular flexibility index (Phi) is 5.16. The van der Waals surface area contributed by atoms with E-state index in [9.17, 15) is 9.18 Å². The minimum Gasteiger partial charge on any atom is -0.452 e. The van der Waals surface area contributed by atoms with Crippen molar-refractivity contribution in [2.24, 2.45) is 7.05 Å². The largest absolute Gasteiger partial charge is 0.452 e. The average molecular weight is 367 g/mol. The van der Waals surface area contributed by atoms with Crippen molar-refractivity contribution in [2.45, 2.75) is 6.92 Å². The number of aromatic nitrogens is 2. The summed E-state index contributed by atoms with van der Waals surface area (Å²) in [6.07, 6.45) is 9.11. The molecular weight excluding hydrogens is 349 g/mol. The average Bonchev–Trinajstić information content (AvgIpc) is 2.98. The van der Waals surface area contributed by atoms with Crippen LogP contribution in [0.5, 0.6) is 5.75 Å². The van der Waals surface area contributed by atoms with Crippen LogP contribution in [0, 0.1) is 18.2 Å². The molecule has 1 aromatic heterocycles. The van der Waals surface area contributed by atoms with Gasteiger partial charge in [-0.05, 0) is 37.3 Å². The number of nitrogens with zero attached hydrogens (tertiary/aromatic N) is 2. The highest BCUT2D eigenvalue weighted by molar-refractivity contribution is 6.04. The van der Waals surface area contributed by atoms with E-state index in [2.05, 4.69) is 15.7 Å². The molecule has 0 spiro atoms. The van der Waals surface area contributed by atoms with Crippen LogP contribution in [0.2, 0.25) is 0 Å². The summed E-state index contributed by atoms with van der Waals surface area (Å²) in [5, 5.41) is 16.8. The molecule has 7 nitrogen and oxygen atoms in total. The van der Waals surface area contributed by atoms with Crippen molar-refractivity contribution >= 4 is 17.8 Å². The van der Waals surface area contributed by atoms with Crippen LogP contribution in [-0.4, -0.2) is 21.9 Å². The van der Waals surface area contributed by atoms with E-state index in [4.69, 9.17) is 10.1 Å². The highest BCUT2D eigenvalue weighted by atomic mass is 19.1. The van der Waals surface area contributed by atoms with Crippen molar-refractivity contribution in [1.29, 1.82) is 5.41 Å². The molecule has 1 aromatic carbocycles. The van der Waals surface area contributed by atoms with Crippen LogP contribution in [0.1, 0.15) is 16.1 Å². The zero-order valence-corrected chi connectivity index (χ0v) is 14.8. The van der Waals surface area contributed by atoms with Gasteiger partial charge in [-0.3, -0.25) is 9.48 Å². The number of carbonyl (C=O) groups excluding carboxylic acids is 1. The molecule has 138 valence electrons. The van der Waals surface area contributed by atoms with Crippen LogP contribution in [0.25, 0.3) is 0 Å². The number of nitrogens with one attached hydrogen (secondary N) is 3. The fourth-order valence-electron chi connectivity index (χ4n) is 2.44. The Hall–Kier alpha value is -3.68. The van der Waals surface area contributed by atoms with Gasteiger partial charge < -0.3 is 20.8 Å². The Bertz CT molecular complexity index is 988. The first kappa shape index (κ1) is 18.1. The predicted octanol–water partition coefficient (Wildman–Crippen LogP) is 3.03. The Balaban J connectivity index is 1.76. The molecule has 0 unspecified atom stereocenters. The summed E-state index contributed by atoms with van der Waals surface area (Å²) in [7, 11) is 1.74. The minimum absolute atomic E-state index is 0.00443. The fraction of sp³-hybridized carbons (Fsp3) is 0.105. The molecule has 3 rings (SSSR count). The van der Waals surface area contributed by atoms with Crippen LogP contribution in [0.15, 0.2) is 60.3 Å². The molecule has 1 aliphatic rings. The third-order valence-electron chi connectivity index (χ3n) is 3.99. The van der Waals surface area contributed by atoms with E-state index in [0.29, 0.717) is 28.4 Å². The number of halogens is 1. The molecule has 0 saturated carbocycles. The smallest absolute Gasteiger partial charge is 0.259 e. The van der Waals surface area contributed by atoms with E-state index in [1.165, 1.54) is 24.4 Å². The van der Waals surface area contributed by atoms with Gasteiger partial charge in [0.05, 0.1) is 17.5 Å². The molecule has 2 aromatic rings. The van der Waals surface area contributed by atoms with E-state index in [1.54, 1.807) is 43.1 Å². The Morgan fingerprint density at radius 3 is 2.93 bits per heavy atom. The molecule has 0 bridgehead atoms. The number of allylic oxidation sites excluding steroid dienone is 3. The summed E-state index contributed by atoms with van der Waals surface area (Å²) in [5.74, 6) is -0.609. The molecule has 0 saturated heterocycles. The maximum atomic E-state index is 14.4. The van der Waals surface area contributed by atoms with Crippen molar-refractivity contribution in [1.82, 2.24) is 15.1 Å². The topological polar surface area (TPSA) is 92.0 Å². The van der Waals surface area contributed by atoms with Crippen LogP contribution in [0.3, 0.4) is 0 Å². The Morgan fingerprint density at radius 1 is 1.44 bits per heavy atom. The van der Waals surface area contributed by atoms with E-state index in [-0.39, 0.29) is 11.7 Å². The van der Waals surface area contributed by atoms with Crippen molar-refractivity contribution in [2.75, 3.05) is 5.32 Å². The number of carbonyl (C=O) groups is 1. The fourth-order valence-corrected chi connectivity index (χ4v) is 2.44. The zero-order valence-electron chi connectivity index (χ0n) is 14.8. The maximum Gasteiger partial charge on any atom is 0.259 e. The summed E-state index contributed by atoms with van der Waals surface area (Å²) in [5.41, 5.74) is 1.98. The van der Waals surface area contributed by atoms with Crippen molar-refractivity contribution in [3.63, 3.8) is 0 Å². The van der Waals surface area contributed by atoms with Gasteiger partial charge >= 0.3 is 0 Å². The van der Waals surface area contributed by atoms with Gasteiger partial charge in [0, 0.05) is 36.9 Å². The molecule has 0 radical (unpaired) electrons. The number of dihydropyridines is 1. The molecule has 8 heteroatoms. The molecular formula is C19H18FN5O2. The highest BCUT2D eigenvalue weighted by Gasteiger charge is 2.15. The highest BCUT2D eigenvalue weighted by Crippen LogP contribution is 2.25. The molecule has 27 heavy (non-hydrogen) atoms. The number of ether oxygens (including phenoxy) is 1. The summed E-state index contributed by atoms with van der Waals surface area (Å²) in [6, 6.07) is 4.17. The molecule has 2 heterocycles. The third kappa shape index (κ3) is 3.95. The van der Waals surface area contributed by atoms with Gasteiger partial charge in [-0.15, -0.1) is 0 Å². The van der Waals surface area contributed by atoms with Crippen LogP contribution in [0.4, 0.5) is 10.1 Å². The Labute approximate surface area is 155 Å². The van der Waals surface area contributed by atoms with Gasteiger partial charge in [0.15, 0.2) is 17.3 Å². The van der Waals surface area contributed by atoms with Gasteiger partial charge in [0.2, 0.25) is 0 Å². The maximum absolute atomic E-state index is 14.4. The predicted molar refractivity (Wildman–Crippen MR) is 100 cm³/mol. The molecule has 1 amide bonds. The van der Waals surface area contributed by atoms with Gasteiger partial charge in [-0.2, -0.15) is 5.10 Å². The number of amides is 1. The number of aryl methyl sites for hydroxylation is 1. The van der Waals surface area contributed by atoms with Crippen LogP contribution >= 0.6 is 0 Å². The van der Waals surface area contributed by atoms with Crippen molar-refractivity contribution < 1.29 is 13.9 Å². The van der Waals surface area contributed by atoms with Crippen molar-refractivity contribution in [3.05, 3.63) is 77.4 Å². The van der Waals surface area contributed by atoms with E-state index < -0.39 is 5.82 Å². The van der Waals surface area contributed by atoms with Crippen LogP contribution < -0.4 is 15.4 Å². The molecule has 0 aliphatic carbocycles. The summed E-state index contributed by atoms with van der Waals surface area (Å²) in [4.78, 5) is 12.3. The number of anilines is 1. The quantitative estimate of drug-likeness (QED) is 0.709. The molecule has 1 aliphatic heterocycles. The third-order valence-corrected chi connectivity index (χ3v) is 3.99. The van der Waals surface area contributed by atoms with E-state index in [0.717, 1.165) is 6.21 Å². The second-order valence-electron chi connectivity index (χ2n) is 5.75. The zero-order chi connectivity index (χ0) is 19.4. The van der Waals surface area contributed by atoms with Gasteiger partial charge in [0.25, 0.3) is 5.91 Å². The van der Waals surface area contributed by atoms with E-state index in [1.807, 2.05) is 0 Å². The number of hydrogen-bond donors (Lipinski definition) is 3. The molecule has 0 fully saturated rings. The number of benzene rings is 1. The second-order valence-corrected chi connectivity index (χ2v) is 5.75. The lowest BCUT2D eigenvalue weighted by Crippen LogP contribution is -2.15. The Morgan fingerprint density at radius 2 is 2.26 bits per heavy atom. The van der Waals surface area contributed by atoms with Gasteiger partial charge in [-0.1, -0.05) is 0 Å². The normalized spacial score (nSPS) is 14.5. The molecule has 0 atom stereocenters. The molecule has 3 N–H and O–H groups in total. The summed E-state index contributed by atoms with van der Waals surface area (Å²) in [6.45, 7) is 1.78. The van der Waals surface area contributed by atoms with Gasteiger partial charge in [0.1, 0.15) is 0 Å². The van der Waals surface area contributed by atoms with Crippen LogP contribution in [-0.2, 0) is 7.05 Å². The first-order valence-electron chi connectivity index (χ1n) is 8.11. The monoisotopic (exact) mass is 367 g/mol. The lowest BCUT2D eigenvalue weighted by atomic mass is 10.2. The lowest BCUT2D eigenvalue weighted by molar-refractivity contribution is 0.102. The lowest BCUT2D eigenvalue weighted by Gasteiger charge is -2.16. The summed E-state index contributed by atoms with van der Waals surface area (Å²) < 4.78 is 21.6. The first-order valence-corrected chi connectivity index (χ1v) is 8.11. The number of hydrogen-bond acceptors (Lipinski definition) is 5. The summed E-state index contributed by atoms with van der Waals surface area (Å²) >= 11 is 0. The first-order chi connectivity index (χ1) is 13.0. The number of rotatable bonds is 5.